The van der Waals surface area contributed by atoms with E-state index in [1.54, 1.807) is 12.3 Å². The van der Waals surface area contributed by atoms with Crippen molar-refractivity contribution >= 4 is 22.5 Å². The summed E-state index contributed by atoms with van der Waals surface area (Å²) in [6, 6.07) is 7.45. The van der Waals surface area contributed by atoms with E-state index in [-0.39, 0.29) is 17.2 Å². The normalized spacial score (nSPS) is 10.5. The third-order valence-corrected chi connectivity index (χ3v) is 2.75. The molecule has 3 N–H and O–H groups in total. The highest BCUT2D eigenvalue weighted by molar-refractivity contribution is 6.07. The number of carbonyl (C=O) groups is 1. The van der Waals surface area contributed by atoms with Crippen molar-refractivity contribution in [1.29, 1.82) is 0 Å². The van der Waals surface area contributed by atoms with Crippen molar-refractivity contribution in [3.8, 4) is 0 Å². The van der Waals surface area contributed by atoms with E-state index in [1.807, 2.05) is 18.2 Å². The summed E-state index contributed by atoms with van der Waals surface area (Å²) < 4.78 is 0. The van der Waals surface area contributed by atoms with Gasteiger partial charge >= 0.3 is 0 Å². The minimum atomic E-state index is -0.370. The van der Waals surface area contributed by atoms with Crippen LogP contribution in [-0.4, -0.2) is 20.9 Å². The van der Waals surface area contributed by atoms with Crippen molar-refractivity contribution in [3.05, 3.63) is 58.9 Å². The third kappa shape index (κ3) is 2.11. The Morgan fingerprint density at radius 1 is 1.21 bits per heavy atom. The Morgan fingerprint density at radius 3 is 2.89 bits per heavy atom. The van der Waals surface area contributed by atoms with E-state index >= 15 is 0 Å². The fourth-order valence-electron chi connectivity index (χ4n) is 1.85. The summed E-state index contributed by atoms with van der Waals surface area (Å²) in [5.74, 6) is -0.370. The van der Waals surface area contributed by atoms with Gasteiger partial charge in [0.05, 0.1) is 11.9 Å². The second-order valence-corrected chi connectivity index (χ2v) is 3.99. The molecule has 0 aliphatic heterocycles. The first kappa shape index (κ1) is 11.2. The van der Waals surface area contributed by atoms with Crippen LogP contribution in [0.1, 0.15) is 10.5 Å². The van der Waals surface area contributed by atoms with Crippen LogP contribution in [-0.2, 0) is 0 Å². The van der Waals surface area contributed by atoms with Crippen molar-refractivity contribution in [2.45, 2.75) is 0 Å². The number of benzene rings is 1. The second kappa shape index (κ2) is 4.41. The first-order chi connectivity index (χ1) is 9.24. The van der Waals surface area contributed by atoms with Gasteiger partial charge in [-0.15, -0.1) is 0 Å². The molecule has 0 saturated carbocycles. The summed E-state index contributed by atoms with van der Waals surface area (Å²) in [4.78, 5) is 32.1. The van der Waals surface area contributed by atoms with Crippen LogP contribution in [0.2, 0.25) is 0 Å². The predicted octanol–water partition coefficient (Wildman–Crippen LogP) is 1.50. The Kier molecular flexibility index (Phi) is 2.60. The van der Waals surface area contributed by atoms with Crippen molar-refractivity contribution in [2.24, 2.45) is 0 Å². The molecule has 0 saturated heterocycles. The van der Waals surface area contributed by atoms with Crippen LogP contribution in [0.5, 0.6) is 0 Å². The summed E-state index contributed by atoms with van der Waals surface area (Å²) >= 11 is 0. The first-order valence-corrected chi connectivity index (χ1v) is 5.66. The second-order valence-electron chi connectivity index (χ2n) is 3.99. The number of nitrogens with one attached hydrogen (secondary N) is 3. The molecule has 1 aromatic carbocycles. The monoisotopic (exact) mass is 254 g/mol. The van der Waals surface area contributed by atoms with Crippen LogP contribution in [0.25, 0.3) is 10.9 Å². The molecule has 0 fully saturated rings. The standard InChI is InChI=1S/C13H10N4O2/c18-12-7-15-11(6-16-12)13(19)17-10-3-1-2-9-8(10)4-5-14-9/h1-7,14H,(H,16,18)(H,17,19). The molecule has 6 nitrogen and oxygen atoms in total. The van der Waals surface area contributed by atoms with E-state index in [0.29, 0.717) is 5.69 Å². The van der Waals surface area contributed by atoms with Crippen LogP contribution < -0.4 is 10.9 Å². The van der Waals surface area contributed by atoms with Crippen LogP contribution in [0.4, 0.5) is 5.69 Å². The molecule has 0 atom stereocenters. The zero-order valence-electron chi connectivity index (χ0n) is 9.81. The molecule has 19 heavy (non-hydrogen) atoms. The summed E-state index contributed by atoms with van der Waals surface area (Å²) in [6.45, 7) is 0. The fourth-order valence-corrected chi connectivity index (χ4v) is 1.85. The zero-order valence-corrected chi connectivity index (χ0v) is 9.81. The molecule has 2 aromatic heterocycles. The van der Waals surface area contributed by atoms with Gasteiger partial charge in [0.15, 0.2) is 0 Å². The number of fused-ring (bicyclic) bond motifs is 1. The van der Waals surface area contributed by atoms with Crippen molar-refractivity contribution in [2.75, 3.05) is 5.32 Å². The molecule has 0 radical (unpaired) electrons. The molecule has 0 aliphatic carbocycles. The first-order valence-electron chi connectivity index (χ1n) is 5.66. The Morgan fingerprint density at radius 2 is 2.11 bits per heavy atom. The maximum absolute atomic E-state index is 12.0. The molecule has 3 aromatic rings. The van der Waals surface area contributed by atoms with Gasteiger partial charge in [0.25, 0.3) is 11.5 Å². The number of aromatic nitrogens is 3. The Bertz CT molecular complexity index is 783. The Hall–Kier alpha value is -2.89. The summed E-state index contributed by atoms with van der Waals surface area (Å²) in [5.41, 5.74) is 1.44. The average molecular weight is 254 g/mol. The van der Waals surface area contributed by atoms with E-state index in [1.165, 1.54) is 6.20 Å². The molecule has 2 heterocycles. The lowest BCUT2D eigenvalue weighted by Crippen LogP contribution is -2.17. The molecule has 0 aliphatic rings. The quantitative estimate of drug-likeness (QED) is 0.647. The van der Waals surface area contributed by atoms with Gasteiger partial charge < -0.3 is 15.3 Å². The lowest BCUT2D eigenvalue weighted by Gasteiger charge is -2.05. The fraction of sp³-hybridized carbons (Fsp3) is 0. The minimum Gasteiger partial charge on any atom is -0.361 e. The topological polar surface area (TPSA) is 90.6 Å². The maximum Gasteiger partial charge on any atom is 0.275 e. The average Bonchev–Trinajstić information content (AvgIpc) is 2.89. The molecular weight excluding hydrogens is 244 g/mol. The molecule has 1 amide bonds. The highest BCUT2D eigenvalue weighted by Crippen LogP contribution is 2.22. The third-order valence-electron chi connectivity index (χ3n) is 2.75. The van der Waals surface area contributed by atoms with Crippen LogP contribution in [0.3, 0.4) is 0 Å². The maximum atomic E-state index is 12.0. The highest BCUT2D eigenvalue weighted by Gasteiger charge is 2.09. The van der Waals surface area contributed by atoms with Gasteiger partial charge in [0, 0.05) is 23.3 Å². The van der Waals surface area contributed by atoms with Gasteiger partial charge in [0.2, 0.25) is 0 Å². The van der Waals surface area contributed by atoms with Crippen molar-refractivity contribution in [1.82, 2.24) is 15.0 Å². The van der Waals surface area contributed by atoms with E-state index < -0.39 is 0 Å². The van der Waals surface area contributed by atoms with Gasteiger partial charge in [-0.2, -0.15) is 0 Å². The molecule has 6 heteroatoms. The van der Waals surface area contributed by atoms with Crippen LogP contribution >= 0.6 is 0 Å². The predicted molar refractivity (Wildman–Crippen MR) is 71.1 cm³/mol. The molecular formula is C13H10N4O2. The van der Waals surface area contributed by atoms with Gasteiger partial charge in [-0.25, -0.2) is 4.98 Å². The van der Waals surface area contributed by atoms with Gasteiger partial charge in [0.1, 0.15) is 5.69 Å². The number of hydrogen-bond acceptors (Lipinski definition) is 3. The summed E-state index contributed by atoms with van der Waals surface area (Å²) in [7, 11) is 0. The van der Waals surface area contributed by atoms with Crippen LogP contribution in [0.15, 0.2) is 47.7 Å². The van der Waals surface area contributed by atoms with E-state index in [4.69, 9.17) is 0 Å². The van der Waals surface area contributed by atoms with E-state index in [0.717, 1.165) is 17.1 Å². The molecule has 0 spiro atoms. The molecule has 3 rings (SSSR count). The summed E-state index contributed by atoms with van der Waals surface area (Å²) in [6.07, 6.45) is 4.17. The number of anilines is 1. The molecule has 0 bridgehead atoms. The van der Waals surface area contributed by atoms with Crippen molar-refractivity contribution in [3.63, 3.8) is 0 Å². The number of amides is 1. The number of hydrogen-bond donors (Lipinski definition) is 3. The lowest BCUT2D eigenvalue weighted by molar-refractivity contribution is 0.102. The number of carbonyl (C=O) groups excluding carboxylic acids is 1. The number of rotatable bonds is 2. The largest absolute Gasteiger partial charge is 0.361 e. The van der Waals surface area contributed by atoms with E-state index in [2.05, 4.69) is 20.3 Å². The molecule has 94 valence electrons. The van der Waals surface area contributed by atoms with Crippen LogP contribution in [0, 0.1) is 0 Å². The number of aromatic amines is 2. The summed E-state index contributed by atoms with van der Waals surface area (Å²) in [5, 5.41) is 3.68. The van der Waals surface area contributed by atoms with Gasteiger partial charge in [-0.1, -0.05) is 6.07 Å². The SMILES string of the molecule is O=C(Nc1cccc2[nH]ccc12)c1c[nH]c(=O)cn1. The highest BCUT2D eigenvalue weighted by atomic mass is 16.2. The van der Waals surface area contributed by atoms with Gasteiger partial charge in [-0.3, -0.25) is 9.59 Å². The Labute approximate surface area is 107 Å². The molecule has 0 unspecified atom stereocenters. The lowest BCUT2D eigenvalue weighted by atomic mass is 10.2. The smallest absolute Gasteiger partial charge is 0.275 e. The zero-order chi connectivity index (χ0) is 13.2. The number of H-pyrrole nitrogens is 2. The number of nitrogens with zero attached hydrogens (tertiary/aromatic N) is 1. The van der Waals surface area contributed by atoms with Gasteiger partial charge in [-0.05, 0) is 18.2 Å². The van der Waals surface area contributed by atoms with E-state index in [9.17, 15) is 9.59 Å². The Balaban J connectivity index is 1.92. The van der Waals surface area contributed by atoms with Crippen molar-refractivity contribution < 1.29 is 4.79 Å². The minimum absolute atomic E-state index is 0.159.